The normalized spacial score (nSPS) is 13.2. The predicted molar refractivity (Wildman–Crippen MR) is 74.5 cm³/mol. The fraction of sp³-hybridized carbons (Fsp3) is 0.417. The molecule has 0 fully saturated rings. The monoisotopic (exact) mass is 355 g/mol. The van der Waals surface area contributed by atoms with Crippen molar-refractivity contribution in [2.75, 3.05) is 12.8 Å². The van der Waals surface area contributed by atoms with Crippen LogP contribution in [-0.2, 0) is 6.18 Å². The summed E-state index contributed by atoms with van der Waals surface area (Å²) in [5, 5.41) is 2.65. The van der Waals surface area contributed by atoms with Crippen molar-refractivity contribution in [2.24, 2.45) is 0 Å². The molecule has 1 rings (SSSR count). The van der Waals surface area contributed by atoms with E-state index in [1.807, 2.05) is 13.2 Å². The van der Waals surface area contributed by atoms with Gasteiger partial charge in [0, 0.05) is 16.3 Å². The average molecular weight is 356 g/mol. The minimum atomic E-state index is -4.55. The Morgan fingerprint density at radius 1 is 1.47 bits per heavy atom. The third-order valence-corrected chi connectivity index (χ3v) is 3.95. The number of carbonyl (C=O) groups excluding carboxylic acids is 1. The highest BCUT2D eigenvalue weighted by Crippen LogP contribution is 2.33. The van der Waals surface area contributed by atoms with E-state index in [0.29, 0.717) is 6.54 Å². The van der Waals surface area contributed by atoms with Crippen LogP contribution in [0.25, 0.3) is 0 Å². The zero-order chi connectivity index (χ0) is 14.6. The van der Waals surface area contributed by atoms with Gasteiger partial charge in [-0.05, 0) is 24.5 Å². The molecule has 1 N–H and O–H groups in total. The molecular weight excluding hydrogens is 343 g/mol. The van der Waals surface area contributed by atoms with Crippen LogP contribution in [-0.4, -0.2) is 24.0 Å². The van der Waals surface area contributed by atoms with Gasteiger partial charge in [-0.3, -0.25) is 4.79 Å². The van der Waals surface area contributed by atoms with E-state index in [1.165, 1.54) is 23.9 Å². The molecule has 0 saturated carbocycles. The lowest BCUT2D eigenvalue weighted by Crippen LogP contribution is -2.31. The molecule has 0 radical (unpaired) electrons. The number of hydrogen-bond acceptors (Lipinski definition) is 2. The molecule has 7 heteroatoms. The summed E-state index contributed by atoms with van der Waals surface area (Å²) in [5.41, 5.74) is -1.29. The Hall–Kier alpha value is -0.690. The van der Waals surface area contributed by atoms with Crippen molar-refractivity contribution in [3.05, 3.63) is 33.8 Å². The fourth-order valence-corrected chi connectivity index (χ4v) is 1.98. The van der Waals surface area contributed by atoms with Gasteiger partial charge in [0.2, 0.25) is 0 Å². The van der Waals surface area contributed by atoms with E-state index in [-0.39, 0.29) is 15.3 Å². The van der Waals surface area contributed by atoms with Crippen molar-refractivity contribution >= 4 is 33.6 Å². The minimum Gasteiger partial charge on any atom is -0.351 e. The first-order valence-corrected chi connectivity index (χ1v) is 7.51. The van der Waals surface area contributed by atoms with E-state index >= 15 is 0 Å². The maximum Gasteiger partial charge on any atom is 0.417 e. The van der Waals surface area contributed by atoms with Crippen LogP contribution in [0.1, 0.15) is 22.8 Å². The first-order chi connectivity index (χ1) is 8.75. The van der Waals surface area contributed by atoms with E-state index in [2.05, 4.69) is 21.2 Å². The second-order valence-electron chi connectivity index (χ2n) is 3.94. The van der Waals surface area contributed by atoms with Crippen molar-refractivity contribution in [1.29, 1.82) is 0 Å². The first-order valence-electron chi connectivity index (χ1n) is 5.43. The molecule has 0 aliphatic carbocycles. The van der Waals surface area contributed by atoms with Gasteiger partial charge in [0.25, 0.3) is 5.91 Å². The van der Waals surface area contributed by atoms with Crippen LogP contribution < -0.4 is 5.32 Å². The molecule has 0 aromatic heterocycles. The third kappa shape index (κ3) is 4.72. The van der Waals surface area contributed by atoms with E-state index in [0.717, 1.165) is 6.07 Å². The lowest BCUT2D eigenvalue weighted by molar-refractivity contribution is -0.138. The Labute approximate surface area is 122 Å². The summed E-state index contributed by atoms with van der Waals surface area (Å²) >= 11 is 4.51. The summed E-state index contributed by atoms with van der Waals surface area (Å²) < 4.78 is 38.8. The van der Waals surface area contributed by atoms with Crippen LogP contribution in [0.2, 0.25) is 0 Å². The number of alkyl halides is 3. The second-order valence-corrected chi connectivity index (χ2v) is 6.14. The van der Waals surface area contributed by atoms with Gasteiger partial charge in [-0.2, -0.15) is 24.9 Å². The molecule has 1 atom stereocenters. The van der Waals surface area contributed by atoms with Crippen molar-refractivity contribution in [3.8, 4) is 0 Å². The van der Waals surface area contributed by atoms with Crippen LogP contribution in [0.4, 0.5) is 13.2 Å². The molecular formula is C12H13BrF3NOS. The summed E-state index contributed by atoms with van der Waals surface area (Å²) in [4.78, 5) is 11.8. The number of nitrogens with one attached hydrogen (secondary N) is 1. The van der Waals surface area contributed by atoms with Gasteiger partial charge in [0.1, 0.15) is 0 Å². The maximum atomic E-state index is 12.8. The van der Waals surface area contributed by atoms with Gasteiger partial charge >= 0.3 is 6.18 Å². The van der Waals surface area contributed by atoms with Crippen molar-refractivity contribution in [2.45, 2.75) is 18.3 Å². The summed E-state index contributed by atoms with van der Waals surface area (Å²) in [6.45, 7) is 2.21. The summed E-state index contributed by atoms with van der Waals surface area (Å²) in [6.07, 6.45) is -2.68. The van der Waals surface area contributed by atoms with E-state index in [9.17, 15) is 18.0 Å². The highest BCUT2D eigenvalue weighted by molar-refractivity contribution is 9.10. The topological polar surface area (TPSA) is 29.1 Å². The number of amides is 1. The smallest absolute Gasteiger partial charge is 0.351 e. The predicted octanol–water partition coefficient (Wildman–Crippen LogP) is 3.95. The van der Waals surface area contributed by atoms with Crippen LogP contribution in [0.5, 0.6) is 0 Å². The van der Waals surface area contributed by atoms with Crippen LogP contribution in [0.3, 0.4) is 0 Å². The lowest BCUT2D eigenvalue weighted by atomic mass is 10.1. The quantitative estimate of drug-likeness (QED) is 0.885. The largest absolute Gasteiger partial charge is 0.417 e. The van der Waals surface area contributed by atoms with Gasteiger partial charge in [-0.15, -0.1) is 0 Å². The molecule has 0 aliphatic rings. The Kier molecular flexibility index (Phi) is 5.73. The molecule has 0 heterocycles. The standard InChI is InChI=1S/C12H13BrF3NOS/c1-7(19-2)6-17-11(18)9-4-3-8(13)5-10(9)12(14,15)16/h3-5,7H,6H2,1-2H3,(H,17,18). The molecule has 19 heavy (non-hydrogen) atoms. The molecule has 2 nitrogen and oxygen atoms in total. The molecule has 106 valence electrons. The van der Waals surface area contributed by atoms with E-state index in [1.54, 1.807) is 0 Å². The molecule has 1 aromatic rings. The SMILES string of the molecule is CSC(C)CNC(=O)c1ccc(Br)cc1C(F)(F)F. The lowest BCUT2D eigenvalue weighted by Gasteiger charge is -2.14. The Morgan fingerprint density at radius 3 is 2.63 bits per heavy atom. The number of hydrogen-bond donors (Lipinski definition) is 1. The van der Waals surface area contributed by atoms with Gasteiger partial charge in [0.15, 0.2) is 0 Å². The molecule has 0 spiro atoms. The molecule has 1 aromatic carbocycles. The van der Waals surface area contributed by atoms with Crippen LogP contribution in [0.15, 0.2) is 22.7 Å². The molecule has 0 saturated heterocycles. The third-order valence-electron chi connectivity index (χ3n) is 2.48. The number of carbonyl (C=O) groups is 1. The summed E-state index contributed by atoms with van der Waals surface area (Å²) in [7, 11) is 0. The van der Waals surface area contributed by atoms with Gasteiger partial charge < -0.3 is 5.32 Å². The Morgan fingerprint density at radius 2 is 2.11 bits per heavy atom. The Balaban J connectivity index is 2.97. The van der Waals surface area contributed by atoms with Crippen LogP contribution in [0, 0.1) is 0 Å². The van der Waals surface area contributed by atoms with E-state index in [4.69, 9.17) is 0 Å². The van der Waals surface area contributed by atoms with Crippen molar-refractivity contribution in [3.63, 3.8) is 0 Å². The zero-order valence-electron chi connectivity index (χ0n) is 10.3. The van der Waals surface area contributed by atoms with Gasteiger partial charge in [0.05, 0.1) is 11.1 Å². The summed E-state index contributed by atoms with van der Waals surface area (Å²) in [6, 6.07) is 3.50. The van der Waals surface area contributed by atoms with Gasteiger partial charge in [-0.25, -0.2) is 0 Å². The van der Waals surface area contributed by atoms with Gasteiger partial charge in [-0.1, -0.05) is 22.9 Å². The van der Waals surface area contributed by atoms with E-state index < -0.39 is 17.6 Å². The number of thioether (sulfide) groups is 1. The molecule has 1 amide bonds. The first kappa shape index (κ1) is 16.4. The van der Waals surface area contributed by atoms with Crippen molar-refractivity contribution < 1.29 is 18.0 Å². The highest BCUT2D eigenvalue weighted by Gasteiger charge is 2.35. The molecule has 0 aliphatic heterocycles. The zero-order valence-corrected chi connectivity index (χ0v) is 12.7. The van der Waals surface area contributed by atoms with Crippen molar-refractivity contribution in [1.82, 2.24) is 5.32 Å². The molecule has 1 unspecified atom stereocenters. The number of halogens is 4. The summed E-state index contributed by atoms with van der Waals surface area (Å²) in [5.74, 6) is -0.708. The maximum absolute atomic E-state index is 12.8. The average Bonchev–Trinajstić information content (AvgIpc) is 2.34. The number of rotatable bonds is 4. The van der Waals surface area contributed by atoms with Crippen LogP contribution >= 0.6 is 27.7 Å². The minimum absolute atomic E-state index is 0.147. The second kappa shape index (κ2) is 6.65. The fourth-order valence-electron chi connectivity index (χ4n) is 1.36. The highest BCUT2D eigenvalue weighted by atomic mass is 79.9. The molecule has 0 bridgehead atoms. The Bertz CT molecular complexity index is 465. The number of benzene rings is 1.